The van der Waals surface area contributed by atoms with Gasteiger partial charge in [0.1, 0.15) is 5.82 Å². The molecule has 0 spiro atoms. The van der Waals surface area contributed by atoms with Crippen LogP contribution in [0.4, 0.5) is 14.9 Å². The Labute approximate surface area is 214 Å². The maximum atomic E-state index is 13.2. The summed E-state index contributed by atoms with van der Waals surface area (Å²) in [5.41, 5.74) is 2.38. The number of rotatable bonds is 7. The van der Waals surface area contributed by atoms with Gasteiger partial charge in [0.15, 0.2) is 11.0 Å². The second-order valence-electron chi connectivity index (χ2n) is 7.25. The molecule has 3 aromatic carbocycles. The molecule has 0 saturated heterocycles. The molecule has 0 unspecified atom stereocenters. The first-order valence-corrected chi connectivity index (χ1v) is 12.0. The highest BCUT2D eigenvalue weighted by molar-refractivity contribution is 7.98. The van der Waals surface area contributed by atoms with E-state index in [1.807, 2.05) is 6.07 Å². The first-order valence-electron chi connectivity index (χ1n) is 10.2. The average molecular weight is 527 g/mol. The van der Waals surface area contributed by atoms with Gasteiger partial charge in [0, 0.05) is 16.5 Å². The third kappa shape index (κ3) is 6.31. The number of halogens is 3. The van der Waals surface area contributed by atoms with E-state index in [2.05, 4.69) is 20.8 Å². The summed E-state index contributed by atoms with van der Waals surface area (Å²) < 4.78 is 15.0. The number of nitriles is 1. The number of carbonyl (C=O) groups is 1. The van der Waals surface area contributed by atoms with Crippen molar-refractivity contribution in [3.8, 4) is 11.8 Å². The maximum Gasteiger partial charge on any atom is 0.319 e. The number of aromatic nitrogens is 3. The van der Waals surface area contributed by atoms with Crippen molar-refractivity contribution in [3.63, 3.8) is 0 Å². The summed E-state index contributed by atoms with van der Waals surface area (Å²) in [7, 11) is 0. The Morgan fingerprint density at radius 1 is 1.09 bits per heavy atom. The van der Waals surface area contributed by atoms with E-state index in [-0.39, 0.29) is 12.4 Å². The van der Waals surface area contributed by atoms with Gasteiger partial charge in [0.25, 0.3) is 0 Å². The van der Waals surface area contributed by atoms with Crippen molar-refractivity contribution in [3.05, 3.63) is 99.5 Å². The molecule has 0 bridgehead atoms. The van der Waals surface area contributed by atoms with Gasteiger partial charge in [-0.2, -0.15) is 5.26 Å². The Morgan fingerprint density at radius 2 is 1.89 bits per heavy atom. The second kappa shape index (κ2) is 11.2. The van der Waals surface area contributed by atoms with Crippen molar-refractivity contribution >= 4 is 46.7 Å². The predicted molar refractivity (Wildman–Crippen MR) is 134 cm³/mol. The fraction of sp³-hybridized carbons (Fsp3) is 0.0833. The van der Waals surface area contributed by atoms with Crippen molar-refractivity contribution in [2.45, 2.75) is 17.5 Å². The standard InChI is InChI=1S/C24H17Cl2FN6OS/c25-17-6-9-20(26)21(11-17)33-22(13-29-23(34)30-19-3-1-2-16(10-19)12-28)31-32-24(33)35-14-15-4-7-18(27)8-5-15/h1-11H,13-14H2,(H2,29,30,34). The largest absolute Gasteiger partial charge is 0.331 e. The molecule has 11 heteroatoms. The zero-order valence-corrected chi connectivity index (χ0v) is 20.3. The van der Waals surface area contributed by atoms with E-state index >= 15 is 0 Å². The van der Waals surface area contributed by atoms with Gasteiger partial charge in [-0.3, -0.25) is 4.57 Å². The number of carbonyl (C=O) groups excluding carboxylic acids is 1. The Bertz CT molecular complexity index is 1400. The average Bonchev–Trinajstić information content (AvgIpc) is 3.26. The van der Waals surface area contributed by atoms with Crippen molar-refractivity contribution < 1.29 is 9.18 Å². The van der Waals surface area contributed by atoms with Crippen LogP contribution in [0.5, 0.6) is 0 Å². The van der Waals surface area contributed by atoms with Gasteiger partial charge < -0.3 is 10.6 Å². The van der Waals surface area contributed by atoms with Crippen LogP contribution < -0.4 is 10.6 Å². The Kier molecular flexibility index (Phi) is 7.87. The summed E-state index contributed by atoms with van der Waals surface area (Å²) in [6.45, 7) is 0.0384. The van der Waals surface area contributed by atoms with E-state index in [4.69, 9.17) is 28.5 Å². The van der Waals surface area contributed by atoms with Gasteiger partial charge in [-0.1, -0.05) is 53.2 Å². The monoisotopic (exact) mass is 526 g/mol. The number of benzene rings is 3. The molecule has 2 N–H and O–H groups in total. The van der Waals surface area contributed by atoms with E-state index in [1.54, 1.807) is 59.2 Å². The minimum absolute atomic E-state index is 0.0384. The number of hydrogen-bond donors (Lipinski definition) is 2. The highest BCUT2D eigenvalue weighted by Gasteiger charge is 2.18. The van der Waals surface area contributed by atoms with Crippen molar-refractivity contribution in [2.24, 2.45) is 0 Å². The first kappa shape index (κ1) is 24.5. The smallest absolute Gasteiger partial charge is 0.319 e. The molecule has 0 aliphatic rings. The molecule has 7 nitrogen and oxygen atoms in total. The molecule has 1 aromatic heterocycles. The van der Waals surface area contributed by atoms with Gasteiger partial charge in [-0.25, -0.2) is 9.18 Å². The first-order chi connectivity index (χ1) is 16.9. The van der Waals surface area contributed by atoms with E-state index in [0.29, 0.717) is 43.7 Å². The Morgan fingerprint density at radius 3 is 2.66 bits per heavy atom. The predicted octanol–water partition coefficient (Wildman–Crippen LogP) is 6.20. The van der Waals surface area contributed by atoms with E-state index in [0.717, 1.165) is 5.56 Å². The number of nitrogens with one attached hydrogen (secondary N) is 2. The number of hydrogen-bond acceptors (Lipinski definition) is 5. The molecular formula is C24H17Cl2FN6OS. The second-order valence-corrected chi connectivity index (χ2v) is 9.03. The molecule has 0 saturated carbocycles. The van der Waals surface area contributed by atoms with Crippen LogP contribution in [0.2, 0.25) is 10.0 Å². The molecular weight excluding hydrogens is 510 g/mol. The number of thioether (sulfide) groups is 1. The molecule has 0 aliphatic heterocycles. The van der Waals surface area contributed by atoms with E-state index < -0.39 is 6.03 Å². The topological polar surface area (TPSA) is 95.6 Å². The molecule has 4 rings (SSSR count). The zero-order chi connectivity index (χ0) is 24.8. The van der Waals surface area contributed by atoms with Crippen LogP contribution in [-0.4, -0.2) is 20.8 Å². The van der Waals surface area contributed by atoms with Crippen LogP contribution in [0.1, 0.15) is 17.0 Å². The van der Waals surface area contributed by atoms with Crippen molar-refractivity contribution in [2.75, 3.05) is 5.32 Å². The minimum Gasteiger partial charge on any atom is -0.331 e. The van der Waals surface area contributed by atoms with E-state index in [9.17, 15) is 9.18 Å². The third-order valence-corrected chi connectivity index (χ3v) is 6.34. The molecule has 1 heterocycles. The molecule has 0 fully saturated rings. The zero-order valence-electron chi connectivity index (χ0n) is 18.0. The lowest BCUT2D eigenvalue weighted by molar-refractivity contribution is 0.251. The maximum absolute atomic E-state index is 13.2. The molecule has 176 valence electrons. The number of nitrogens with zero attached hydrogens (tertiary/aromatic N) is 4. The molecule has 0 atom stereocenters. The lowest BCUT2D eigenvalue weighted by Crippen LogP contribution is -2.29. The molecule has 35 heavy (non-hydrogen) atoms. The van der Waals surface area contributed by atoms with Crippen LogP contribution in [-0.2, 0) is 12.3 Å². The quantitative estimate of drug-likeness (QED) is 0.279. The SMILES string of the molecule is N#Cc1cccc(NC(=O)NCc2nnc(SCc3ccc(F)cc3)n2-c2cc(Cl)ccc2Cl)c1. The van der Waals surface area contributed by atoms with Crippen molar-refractivity contribution in [1.29, 1.82) is 5.26 Å². The molecule has 2 amide bonds. The lowest BCUT2D eigenvalue weighted by Gasteiger charge is -2.13. The van der Waals surface area contributed by atoms with Crippen molar-refractivity contribution in [1.82, 2.24) is 20.1 Å². The van der Waals surface area contributed by atoms with Gasteiger partial charge in [0.05, 0.1) is 28.9 Å². The third-order valence-electron chi connectivity index (χ3n) is 4.79. The lowest BCUT2D eigenvalue weighted by atomic mass is 10.2. The van der Waals surface area contributed by atoms with Gasteiger partial charge in [-0.05, 0) is 54.1 Å². The van der Waals surface area contributed by atoms with Gasteiger partial charge in [-0.15, -0.1) is 10.2 Å². The molecule has 0 radical (unpaired) electrons. The summed E-state index contributed by atoms with van der Waals surface area (Å²) in [6.07, 6.45) is 0. The molecule has 0 aliphatic carbocycles. The fourth-order valence-electron chi connectivity index (χ4n) is 3.14. The highest BCUT2D eigenvalue weighted by Crippen LogP contribution is 2.31. The summed E-state index contributed by atoms with van der Waals surface area (Å²) in [4.78, 5) is 12.5. The van der Waals surface area contributed by atoms with Crippen LogP contribution in [0.25, 0.3) is 5.69 Å². The van der Waals surface area contributed by atoms with Crippen LogP contribution in [0.15, 0.2) is 71.9 Å². The van der Waals surface area contributed by atoms with E-state index in [1.165, 1.54) is 23.9 Å². The van der Waals surface area contributed by atoms with Gasteiger partial charge in [0.2, 0.25) is 0 Å². The normalized spacial score (nSPS) is 10.6. The summed E-state index contributed by atoms with van der Waals surface area (Å²) in [5.74, 6) is 0.634. The van der Waals surface area contributed by atoms with Crippen LogP contribution >= 0.6 is 35.0 Å². The number of amides is 2. The van der Waals surface area contributed by atoms with Gasteiger partial charge >= 0.3 is 6.03 Å². The fourth-order valence-corrected chi connectivity index (χ4v) is 4.43. The highest BCUT2D eigenvalue weighted by atomic mass is 35.5. The summed E-state index contributed by atoms with van der Waals surface area (Å²) in [5, 5.41) is 24.4. The van der Waals surface area contributed by atoms with Crippen LogP contribution in [0.3, 0.4) is 0 Å². The summed E-state index contributed by atoms with van der Waals surface area (Å²) in [6, 6.07) is 19.3. The number of anilines is 1. The summed E-state index contributed by atoms with van der Waals surface area (Å²) >= 11 is 14.0. The van der Waals surface area contributed by atoms with Crippen LogP contribution in [0, 0.1) is 17.1 Å². The molecule has 4 aromatic rings. The Balaban J connectivity index is 1.55. The minimum atomic E-state index is -0.479. The Hall–Kier alpha value is -3.58. The number of urea groups is 1.